The van der Waals surface area contributed by atoms with Crippen LogP contribution in [0.25, 0.3) is 11.1 Å². The van der Waals surface area contributed by atoms with Crippen molar-refractivity contribution in [2.45, 2.75) is 19.3 Å². The number of rotatable bonds is 4. The minimum atomic E-state index is -0.0802. The number of fused-ring (bicyclic) bond motifs is 5. The predicted octanol–water partition coefficient (Wildman–Crippen LogP) is 11.0. The van der Waals surface area contributed by atoms with E-state index in [1.165, 1.54) is 22.3 Å². The van der Waals surface area contributed by atoms with Crippen LogP contribution in [-0.4, -0.2) is 0 Å². The summed E-state index contributed by atoms with van der Waals surface area (Å²) in [5.41, 5.74) is 11.7. The third-order valence-electron chi connectivity index (χ3n) is 8.62. The average molecular weight is 543 g/mol. The summed E-state index contributed by atoms with van der Waals surface area (Å²) in [5.74, 6) is 1.67. The molecule has 0 radical (unpaired) electrons. The van der Waals surface area contributed by atoms with Crippen molar-refractivity contribution in [3.8, 4) is 22.6 Å². The van der Waals surface area contributed by atoms with Gasteiger partial charge in [0.15, 0.2) is 11.5 Å². The lowest BCUT2D eigenvalue weighted by Crippen LogP contribution is -2.17. The molecule has 1 aliphatic heterocycles. The van der Waals surface area contributed by atoms with Crippen LogP contribution in [0.4, 0.5) is 34.1 Å². The van der Waals surface area contributed by atoms with Crippen LogP contribution >= 0.6 is 0 Å². The molecule has 1 heterocycles. The quantitative estimate of drug-likeness (QED) is 0.220. The Kier molecular flexibility index (Phi) is 5.48. The molecule has 3 nitrogen and oxygen atoms in total. The normalized spacial score (nSPS) is 13.8. The van der Waals surface area contributed by atoms with Crippen LogP contribution in [0.2, 0.25) is 0 Å². The largest absolute Gasteiger partial charge is 0.453 e. The fourth-order valence-electron chi connectivity index (χ4n) is 6.60. The number of nitrogens with zero attached hydrogens (tertiary/aromatic N) is 2. The Labute approximate surface area is 246 Å². The van der Waals surface area contributed by atoms with E-state index in [1.54, 1.807) is 0 Å². The van der Waals surface area contributed by atoms with Gasteiger partial charge in [-0.2, -0.15) is 0 Å². The van der Waals surface area contributed by atoms with Crippen LogP contribution in [0, 0.1) is 0 Å². The third kappa shape index (κ3) is 3.74. The zero-order valence-electron chi connectivity index (χ0n) is 23.7. The summed E-state index contributed by atoms with van der Waals surface area (Å²) in [7, 11) is 0. The molecule has 0 spiro atoms. The van der Waals surface area contributed by atoms with Gasteiger partial charge in [-0.1, -0.05) is 92.7 Å². The summed E-state index contributed by atoms with van der Waals surface area (Å²) in [6.07, 6.45) is 0. The molecule has 0 saturated carbocycles. The van der Waals surface area contributed by atoms with E-state index in [2.05, 4.69) is 151 Å². The monoisotopic (exact) mass is 542 g/mol. The van der Waals surface area contributed by atoms with Crippen LogP contribution in [0.5, 0.6) is 11.5 Å². The van der Waals surface area contributed by atoms with Crippen molar-refractivity contribution in [1.29, 1.82) is 0 Å². The second-order valence-corrected chi connectivity index (χ2v) is 11.5. The van der Waals surface area contributed by atoms with E-state index < -0.39 is 0 Å². The highest BCUT2D eigenvalue weighted by molar-refractivity contribution is 5.90. The van der Waals surface area contributed by atoms with Gasteiger partial charge in [0, 0.05) is 34.2 Å². The summed E-state index contributed by atoms with van der Waals surface area (Å²) in [5, 5.41) is 0. The van der Waals surface area contributed by atoms with Gasteiger partial charge in [0.25, 0.3) is 0 Å². The van der Waals surface area contributed by atoms with Crippen molar-refractivity contribution < 1.29 is 4.74 Å². The van der Waals surface area contributed by atoms with E-state index in [0.717, 1.165) is 45.6 Å². The first-order chi connectivity index (χ1) is 20.6. The molecule has 6 aromatic carbocycles. The number of para-hydroxylation sites is 4. The van der Waals surface area contributed by atoms with Gasteiger partial charge in [-0.05, 0) is 82.9 Å². The lowest BCUT2D eigenvalue weighted by Gasteiger charge is -2.34. The Balaban J connectivity index is 1.28. The fraction of sp³-hybridized carbons (Fsp3) is 0.0769. The fourth-order valence-corrected chi connectivity index (χ4v) is 6.60. The second-order valence-electron chi connectivity index (χ2n) is 11.5. The van der Waals surface area contributed by atoms with E-state index in [-0.39, 0.29) is 5.41 Å². The van der Waals surface area contributed by atoms with E-state index in [9.17, 15) is 0 Å². The number of ether oxygens (including phenoxy) is 1. The molecule has 202 valence electrons. The van der Waals surface area contributed by atoms with Crippen molar-refractivity contribution in [1.82, 2.24) is 0 Å². The molecule has 2 aliphatic rings. The Bertz CT molecular complexity index is 1950. The highest BCUT2D eigenvalue weighted by Gasteiger charge is 2.36. The molecule has 0 fully saturated rings. The molecule has 0 N–H and O–H groups in total. The van der Waals surface area contributed by atoms with Gasteiger partial charge in [-0.25, -0.2) is 0 Å². The summed E-state index contributed by atoms with van der Waals surface area (Å²) < 4.78 is 6.57. The minimum Gasteiger partial charge on any atom is -0.453 e. The molecule has 0 saturated heterocycles. The molecule has 42 heavy (non-hydrogen) atoms. The maximum absolute atomic E-state index is 6.57. The first-order valence-electron chi connectivity index (χ1n) is 14.5. The van der Waals surface area contributed by atoms with Gasteiger partial charge in [0.1, 0.15) is 0 Å². The van der Waals surface area contributed by atoms with Crippen LogP contribution < -0.4 is 14.5 Å². The highest BCUT2D eigenvalue weighted by Crippen LogP contribution is 2.53. The van der Waals surface area contributed by atoms with Crippen LogP contribution in [0.3, 0.4) is 0 Å². The van der Waals surface area contributed by atoms with Crippen molar-refractivity contribution in [3.05, 3.63) is 157 Å². The lowest BCUT2D eigenvalue weighted by molar-refractivity contribution is 0.477. The number of hydrogen-bond donors (Lipinski definition) is 0. The Morgan fingerprint density at radius 3 is 1.95 bits per heavy atom. The Morgan fingerprint density at radius 1 is 0.500 bits per heavy atom. The van der Waals surface area contributed by atoms with Gasteiger partial charge >= 0.3 is 0 Å². The van der Waals surface area contributed by atoms with Crippen molar-refractivity contribution >= 4 is 34.1 Å². The van der Waals surface area contributed by atoms with Crippen molar-refractivity contribution in [3.63, 3.8) is 0 Å². The van der Waals surface area contributed by atoms with Gasteiger partial charge in [-0.3, -0.25) is 0 Å². The SMILES string of the molecule is CC1(C)c2ccccc2-c2ccc(N(c3ccccc3)c3ccc4c(c3)Oc3ccccc3N4c3ccccc3)cc21. The van der Waals surface area contributed by atoms with Gasteiger partial charge < -0.3 is 14.5 Å². The molecule has 0 aromatic heterocycles. The maximum atomic E-state index is 6.57. The van der Waals surface area contributed by atoms with Crippen molar-refractivity contribution in [2.24, 2.45) is 0 Å². The van der Waals surface area contributed by atoms with Gasteiger partial charge in [-0.15, -0.1) is 0 Å². The molecule has 0 bridgehead atoms. The number of benzene rings is 6. The molecule has 6 aromatic rings. The highest BCUT2D eigenvalue weighted by atomic mass is 16.5. The van der Waals surface area contributed by atoms with Crippen LogP contribution in [0.1, 0.15) is 25.0 Å². The number of anilines is 6. The minimum absolute atomic E-state index is 0.0802. The molecule has 8 rings (SSSR count). The van der Waals surface area contributed by atoms with Gasteiger partial charge in [0.05, 0.1) is 11.4 Å². The zero-order chi connectivity index (χ0) is 28.3. The van der Waals surface area contributed by atoms with Crippen LogP contribution in [0.15, 0.2) is 146 Å². The summed E-state index contributed by atoms with van der Waals surface area (Å²) in [6, 6.07) is 51.5. The molecular formula is C39H30N2O. The molecule has 0 atom stereocenters. The predicted molar refractivity (Wildman–Crippen MR) is 173 cm³/mol. The topological polar surface area (TPSA) is 15.7 Å². The molecule has 1 aliphatic carbocycles. The summed E-state index contributed by atoms with van der Waals surface area (Å²) in [4.78, 5) is 4.61. The first kappa shape index (κ1) is 24.5. The second kappa shape index (κ2) is 9.39. The Hall–Kier alpha value is -5.28. The molecular weight excluding hydrogens is 512 g/mol. The van der Waals surface area contributed by atoms with Gasteiger partial charge in [0.2, 0.25) is 0 Å². The first-order valence-corrected chi connectivity index (χ1v) is 14.5. The van der Waals surface area contributed by atoms with E-state index in [1.807, 2.05) is 18.2 Å². The summed E-state index contributed by atoms with van der Waals surface area (Å²) >= 11 is 0. The van der Waals surface area contributed by atoms with Crippen LogP contribution in [-0.2, 0) is 5.41 Å². The average Bonchev–Trinajstić information content (AvgIpc) is 3.27. The van der Waals surface area contributed by atoms with E-state index >= 15 is 0 Å². The standard InChI is InChI=1S/C39H30N2O/c1-39(2)33-18-10-9-17-31(33)32-23-21-29(25-34(32)39)40(27-13-5-3-6-14-27)30-22-24-36-38(26-30)42-37-20-12-11-19-35(37)41(36)28-15-7-4-8-16-28/h3-26H,1-2H3. The summed E-state index contributed by atoms with van der Waals surface area (Å²) in [6.45, 7) is 4.66. The molecule has 0 amide bonds. The molecule has 0 unspecified atom stereocenters. The smallest absolute Gasteiger partial charge is 0.153 e. The Morgan fingerprint density at radius 2 is 1.12 bits per heavy atom. The maximum Gasteiger partial charge on any atom is 0.153 e. The zero-order valence-corrected chi connectivity index (χ0v) is 23.7. The van der Waals surface area contributed by atoms with E-state index in [4.69, 9.17) is 4.74 Å². The van der Waals surface area contributed by atoms with E-state index in [0.29, 0.717) is 0 Å². The molecule has 3 heteroatoms. The third-order valence-corrected chi connectivity index (χ3v) is 8.62. The van der Waals surface area contributed by atoms with Crippen molar-refractivity contribution in [2.75, 3.05) is 9.80 Å². The number of hydrogen-bond acceptors (Lipinski definition) is 3. The lowest BCUT2D eigenvalue weighted by atomic mass is 9.82.